The van der Waals surface area contributed by atoms with E-state index in [0.717, 1.165) is 57.4 Å². The fraction of sp³-hybridized carbons (Fsp3) is 0.750. The van der Waals surface area contributed by atoms with E-state index in [4.69, 9.17) is 4.74 Å². The molecule has 0 atom stereocenters. The Kier molecular flexibility index (Phi) is 12.9. The molecule has 0 saturated carbocycles. The Morgan fingerprint density at radius 1 is 1.29 bits per heavy atom. The van der Waals surface area contributed by atoms with E-state index in [1.807, 2.05) is 6.92 Å². The molecule has 8 heteroatoms. The van der Waals surface area contributed by atoms with Gasteiger partial charge in [-0.2, -0.15) is 5.10 Å². The molecule has 1 heterocycles. The lowest BCUT2D eigenvalue weighted by Crippen LogP contribution is -2.41. The van der Waals surface area contributed by atoms with Crippen LogP contribution in [0.1, 0.15) is 17.8 Å². The number of aliphatic imine (C=N–C) groups is 1. The highest BCUT2D eigenvalue weighted by molar-refractivity contribution is 14.0. The maximum atomic E-state index is 5.07. The summed E-state index contributed by atoms with van der Waals surface area (Å²) >= 11 is 0. The van der Waals surface area contributed by atoms with Crippen LogP contribution in [0.4, 0.5) is 0 Å². The lowest BCUT2D eigenvalue weighted by molar-refractivity contribution is 0.162. The zero-order chi connectivity index (χ0) is 17.1. The fourth-order valence-electron chi connectivity index (χ4n) is 2.28. The van der Waals surface area contributed by atoms with Crippen LogP contribution in [0.25, 0.3) is 0 Å². The van der Waals surface area contributed by atoms with Crippen molar-refractivity contribution in [2.24, 2.45) is 4.99 Å². The Bertz CT molecular complexity index is 477. The van der Waals surface area contributed by atoms with Gasteiger partial charge in [-0.05, 0) is 33.4 Å². The first-order valence-electron chi connectivity index (χ1n) is 8.20. The van der Waals surface area contributed by atoms with Gasteiger partial charge in [0.2, 0.25) is 0 Å². The van der Waals surface area contributed by atoms with Gasteiger partial charge >= 0.3 is 0 Å². The predicted molar refractivity (Wildman–Crippen MR) is 110 cm³/mol. The number of aryl methyl sites for hydroxylation is 3. The second-order valence-corrected chi connectivity index (χ2v) is 5.73. The molecule has 1 aromatic heterocycles. The van der Waals surface area contributed by atoms with E-state index in [1.165, 1.54) is 5.69 Å². The summed E-state index contributed by atoms with van der Waals surface area (Å²) < 4.78 is 7.12. The molecular formula is C16H33IN6O. The average molecular weight is 452 g/mol. The predicted octanol–water partition coefficient (Wildman–Crippen LogP) is 1.25. The Hall–Kier alpha value is -0.870. The largest absolute Gasteiger partial charge is 0.383 e. The van der Waals surface area contributed by atoms with Crippen LogP contribution in [0.3, 0.4) is 0 Å². The maximum Gasteiger partial charge on any atom is 0.191 e. The summed E-state index contributed by atoms with van der Waals surface area (Å²) in [5.41, 5.74) is 2.29. The maximum absolute atomic E-state index is 5.07. The lowest BCUT2D eigenvalue weighted by Gasteiger charge is -2.17. The molecule has 1 aromatic rings. The number of guanidine groups is 1. The van der Waals surface area contributed by atoms with E-state index in [1.54, 1.807) is 14.2 Å². The minimum absolute atomic E-state index is 0. The highest BCUT2D eigenvalue weighted by atomic mass is 127. The monoisotopic (exact) mass is 452 g/mol. The van der Waals surface area contributed by atoms with Gasteiger partial charge in [0.1, 0.15) is 0 Å². The Labute approximate surface area is 163 Å². The van der Waals surface area contributed by atoms with E-state index in [0.29, 0.717) is 0 Å². The van der Waals surface area contributed by atoms with Gasteiger partial charge in [-0.3, -0.25) is 9.67 Å². The molecule has 24 heavy (non-hydrogen) atoms. The van der Waals surface area contributed by atoms with E-state index in [-0.39, 0.29) is 24.0 Å². The van der Waals surface area contributed by atoms with Crippen LogP contribution in [0.5, 0.6) is 0 Å². The van der Waals surface area contributed by atoms with Crippen molar-refractivity contribution in [2.75, 3.05) is 54.0 Å². The van der Waals surface area contributed by atoms with Crippen molar-refractivity contribution in [1.82, 2.24) is 25.3 Å². The number of nitrogens with zero attached hydrogens (tertiary/aromatic N) is 4. The number of hydrogen-bond donors (Lipinski definition) is 2. The van der Waals surface area contributed by atoms with Gasteiger partial charge in [-0.25, -0.2) is 0 Å². The normalized spacial score (nSPS) is 11.5. The van der Waals surface area contributed by atoms with Crippen LogP contribution in [-0.4, -0.2) is 74.6 Å². The van der Waals surface area contributed by atoms with Crippen molar-refractivity contribution >= 4 is 29.9 Å². The number of aromatic nitrogens is 2. The summed E-state index contributed by atoms with van der Waals surface area (Å²) in [6, 6.07) is 2.11. The molecule has 0 aliphatic rings. The Balaban J connectivity index is 0.00000529. The van der Waals surface area contributed by atoms with E-state index in [2.05, 4.69) is 50.3 Å². The van der Waals surface area contributed by atoms with E-state index >= 15 is 0 Å². The molecule has 7 nitrogen and oxygen atoms in total. The van der Waals surface area contributed by atoms with Crippen LogP contribution in [0, 0.1) is 13.8 Å². The summed E-state index contributed by atoms with van der Waals surface area (Å²) in [7, 11) is 5.61. The average Bonchev–Trinajstić information content (AvgIpc) is 2.85. The number of halogens is 1. The quantitative estimate of drug-likeness (QED) is 0.242. The molecule has 0 bridgehead atoms. The molecule has 0 radical (unpaired) electrons. The third-order valence-electron chi connectivity index (χ3n) is 3.63. The second-order valence-electron chi connectivity index (χ2n) is 5.73. The minimum atomic E-state index is 0. The van der Waals surface area contributed by atoms with Gasteiger partial charge in [0.25, 0.3) is 0 Å². The first-order valence-corrected chi connectivity index (χ1v) is 8.20. The zero-order valence-corrected chi connectivity index (χ0v) is 18.0. The highest BCUT2D eigenvalue weighted by Gasteiger charge is 2.02. The summed E-state index contributed by atoms with van der Waals surface area (Å²) in [5, 5.41) is 11.1. The standard InChI is InChI=1S/C16H32N6O.HI/c1-14-13-15(2)22(20-14)9-6-7-18-16(17-3)19-8-10-21(4)11-12-23-5;/h13H,6-12H2,1-5H3,(H2,17,18,19);1H. The minimum Gasteiger partial charge on any atom is -0.383 e. The third kappa shape index (κ3) is 9.43. The highest BCUT2D eigenvalue weighted by Crippen LogP contribution is 2.02. The molecule has 0 fully saturated rings. The van der Waals surface area contributed by atoms with Crippen molar-refractivity contribution in [3.63, 3.8) is 0 Å². The second kappa shape index (κ2) is 13.4. The summed E-state index contributed by atoms with van der Waals surface area (Å²) in [4.78, 5) is 6.47. The SMILES string of the molecule is CN=C(NCCCn1nc(C)cc1C)NCCN(C)CCOC.I. The van der Waals surface area contributed by atoms with Crippen molar-refractivity contribution in [2.45, 2.75) is 26.8 Å². The summed E-state index contributed by atoms with van der Waals surface area (Å²) in [6.45, 7) is 9.42. The molecule has 0 amide bonds. The molecule has 0 aliphatic heterocycles. The number of nitrogens with one attached hydrogen (secondary N) is 2. The van der Waals surface area contributed by atoms with Crippen molar-refractivity contribution in [3.05, 3.63) is 17.5 Å². The van der Waals surface area contributed by atoms with Crippen LogP contribution in [0.2, 0.25) is 0 Å². The molecule has 0 aliphatic carbocycles. The summed E-state index contributed by atoms with van der Waals surface area (Å²) in [6.07, 6.45) is 1.01. The van der Waals surface area contributed by atoms with Crippen molar-refractivity contribution < 1.29 is 4.74 Å². The Morgan fingerprint density at radius 2 is 2.00 bits per heavy atom. The first-order chi connectivity index (χ1) is 11.1. The number of likely N-dealkylation sites (N-methyl/N-ethyl adjacent to an activating group) is 1. The molecule has 0 aromatic carbocycles. The zero-order valence-electron chi connectivity index (χ0n) is 15.6. The smallest absolute Gasteiger partial charge is 0.191 e. The number of ether oxygens (including phenoxy) is 1. The van der Waals surface area contributed by atoms with E-state index < -0.39 is 0 Å². The van der Waals surface area contributed by atoms with Gasteiger partial charge in [0.15, 0.2) is 5.96 Å². The van der Waals surface area contributed by atoms with Crippen LogP contribution < -0.4 is 10.6 Å². The van der Waals surface area contributed by atoms with Gasteiger partial charge in [-0.1, -0.05) is 0 Å². The van der Waals surface area contributed by atoms with Gasteiger partial charge in [-0.15, -0.1) is 24.0 Å². The van der Waals surface area contributed by atoms with Crippen LogP contribution in [0.15, 0.2) is 11.1 Å². The van der Waals surface area contributed by atoms with Crippen molar-refractivity contribution in [1.29, 1.82) is 0 Å². The van der Waals surface area contributed by atoms with Gasteiger partial charge < -0.3 is 20.3 Å². The molecule has 0 unspecified atom stereocenters. The number of rotatable bonds is 10. The molecule has 0 saturated heterocycles. The molecule has 2 N–H and O–H groups in total. The number of methoxy groups -OCH3 is 1. The fourth-order valence-corrected chi connectivity index (χ4v) is 2.28. The molecular weight excluding hydrogens is 419 g/mol. The number of hydrogen-bond acceptors (Lipinski definition) is 4. The lowest BCUT2D eigenvalue weighted by atomic mass is 10.4. The molecule has 140 valence electrons. The topological polar surface area (TPSA) is 66.7 Å². The van der Waals surface area contributed by atoms with Crippen LogP contribution >= 0.6 is 24.0 Å². The third-order valence-corrected chi connectivity index (χ3v) is 3.63. The van der Waals surface area contributed by atoms with Crippen molar-refractivity contribution in [3.8, 4) is 0 Å². The van der Waals surface area contributed by atoms with Crippen LogP contribution in [-0.2, 0) is 11.3 Å². The van der Waals surface area contributed by atoms with Gasteiger partial charge in [0.05, 0.1) is 12.3 Å². The Morgan fingerprint density at radius 3 is 2.58 bits per heavy atom. The molecule has 0 spiro atoms. The molecule has 1 rings (SSSR count). The van der Waals surface area contributed by atoms with Gasteiger partial charge in [0, 0.05) is 52.6 Å². The first kappa shape index (κ1) is 23.1. The van der Waals surface area contributed by atoms with E-state index in [9.17, 15) is 0 Å². The summed E-state index contributed by atoms with van der Waals surface area (Å²) in [5.74, 6) is 0.846.